The Balaban J connectivity index is 1.70. The minimum atomic E-state index is -0.479. The number of piperidine rings is 1. The van der Waals surface area contributed by atoms with Crippen molar-refractivity contribution in [3.63, 3.8) is 0 Å². The normalized spacial score (nSPS) is 20.5. The number of hydrogen-bond acceptors (Lipinski definition) is 4. The van der Waals surface area contributed by atoms with Gasteiger partial charge in [-0.05, 0) is 37.3 Å². The molecule has 1 fully saturated rings. The number of carbonyl (C=O) groups excluding carboxylic acids is 2. The number of amides is 1. The van der Waals surface area contributed by atoms with E-state index >= 15 is 0 Å². The van der Waals surface area contributed by atoms with Crippen LogP contribution in [0.3, 0.4) is 0 Å². The average Bonchev–Trinajstić information content (AvgIpc) is 2.57. The molecule has 1 aliphatic rings. The first-order chi connectivity index (χ1) is 11.9. The molecule has 132 valence electrons. The van der Waals surface area contributed by atoms with E-state index in [-0.39, 0.29) is 12.5 Å². The second kappa shape index (κ2) is 7.21. The smallest absolute Gasteiger partial charge is 0.339 e. The van der Waals surface area contributed by atoms with Crippen LogP contribution in [0.1, 0.15) is 36.3 Å². The minimum absolute atomic E-state index is 0.123. The van der Waals surface area contributed by atoms with Crippen molar-refractivity contribution in [2.45, 2.75) is 27.2 Å². The zero-order valence-electron chi connectivity index (χ0n) is 15.0. The third-order valence-corrected chi connectivity index (χ3v) is 4.61. The Bertz CT molecular complexity index is 793. The SMILES string of the molecule is Cc1cc(C(=O)OCC(=O)N2CC(C)CC(C)C2)c2ccccc2n1. The fraction of sp³-hybridized carbons (Fsp3) is 0.450. The first kappa shape index (κ1) is 17.4. The average molecular weight is 340 g/mol. The standard InChI is InChI=1S/C20H24N2O3/c1-13-8-14(2)11-22(10-13)19(23)12-25-20(24)17-9-15(3)21-18-7-5-4-6-16(17)18/h4-7,9,13-14H,8,10-12H2,1-3H3. The van der Waals surface area contributed by atoms with Crippen molar-refractivity contribution in [1.29, 1.82) is 0 Å². The predicted molar refractivity (Wildman–Crippen MR) is 96.3 cm³/mol. The predicted octanol–water partition coefficient (Wildman–Crippen LogP) is 3.20. The molecule has 0 bridgehead atoms. The van der Waals surface area contributed by atoms with Crippen LogP contribution in [0.4, 0.5) is 0 Å². The van der Waals surface area contributed by atoms with Crippen LogP contribution < -0.4 is 0 Å². The summed E-state index contributed by atoms with van der Waals surface area (Å²) in [5, 5.41) is 0.741. The summed E-state index contributed by atoms with van der Waals surface area (Å²) < 4.78 is 5.32. The van der Waals surface area contributed by atoms with Gasteiger partial charge in [-0.15, -0.1) is 0 Å². The highest BCUT2D eigenvalue weighted by Crippen LogP contribution is 2.22. The molecule has 3 rings (SSSR count). The summed E-state index contributed by atoms with van der Waals surface area (Å²) in [5.74, 6) is 0.361. The molecule has 1 saturated heterocycles. The molecule has 2 aromatic rings. The Hall–Kier alpha value is -2.43. The second-order valence-corrected chi connectivity index (χ2v) is 7.15. The molecular weight excluding hydrogens is 316 g/mol. The van der Waals surface area contributed by atoms with E-state index in [4.69, 9.17) is 4.74 Å². The van der Waals surface area contributed by atoms with E-state index < -0.39 is 5.97 Å². The van der Waals surface area contributed by atoms with Crippen molar-refractivity contribution in [3.8, 4) is 0 Å². The molecule has 1 aromatic heterocycles. The van der Waals surface area contributed by atoms with Gasteiger partial charge in [0.2, 0.25) is 0 Å². The van der Waals surface area contributed by atoms with Gasteiger partial charge in [0.1, 0.15) is 0 Å². The fourth-order valence-electron chi connectivity index (χ4n) is 3.64. The van der Waals surface area contributed by atoms with Crippen LogP contribution in [0.15, 0.2) is 30.3 Å². The lowest BCUT2D eigenvalue weighted by atomic mass is 9.92. The number of rotatable bonds is 3. The second-order valence-electron chi connectivity index (χ2n) is 7.15. The van der Waals surface area contributed by atoms with Crippen molar-refractivity contribution in [2.75, 3.05) is 19.7 Å². The van der Waals surface area contributed by atoms with Crippen LogP contribution >= 0.6 is 0 Å². The number of likely N-dealkylation sites (tertiary alicyclic amines) is 1. The van der Waals surface area contributed by atoms with Gasteiger partial charge in [0.15, 0.2) is 6.61 Å². The highest BCUT2D eigenvalue weighted by molar-refractivity contribution is 6.04. The molecule has 0 radical (unpaired) electrons. The maximum Gasteiger partial charge on any atom is 0.339 e. The Morgan fingerprint density at radius 2 is 1.88 bits per heavy atom. The summed E-state index contributed by atoms with van der Waals surface area (Å²) in [6.45, 7) is 7.39. The highest BCUT2D eigenvalue weighted by atomic mass is 16.5. The number of benzene rings is 1. The van der Waals surface area contributed by atoms with E-state index in [0.29, 0.717) is 17.4 Å². The van der Waals surface area contributed by atoms with E-state index in [1.54, 1.807) is 6.07 Å². The van der Waals surface area contributed by atoms with Crippen molar-refractivity contribution in [2.24, 2.45) is 11.8 Å². The first-order valence-corrected chi connectivity index (χ1v) is 8.75. The van der Waals surface area contributed by atoms with Crippen LogP contribution in [0.5, 0.6) is 0 Å². The van der Waals surface area contributed by atoms with Crippen molar-refractivity contribution >= 4 is 22.8 Å². The molecule has 2 unspecified atom stereocenters. The van der Waals surface area contributed by atoms with Crippen LogP contribution in [0.25, 0.3) is 10.9 Å². The van der Waals surface area contributed by atoms with E-state index in [9.17, 15) is 9.59 Å². The number of para-hydroxylation sites is 1. The first-order valence-electron chi connectivity index (χ1n) is 8.75. The molecule has 2 atom stereocenters. The summed E-state index contributed by atoms with van der Waals surface area (Å²) in [7, 11) is 0. The molecule has 0 N–H and O–H groups in total. The number of hydrogen-bond donors (Lipinski definition) is 0. The molecule has 5 heteroatoms. The largest absolute Gasteiger partial charge is 0.452 e. The van der Waals surface area contributed by atoms with Gasteiger partial charge in [-0.2, -0.15) is 0 Å². The molecule has 1 aromatic carbocycles. The molecule has 0 saturated carbocycles. The molecule has 1 aliphatic heterocycles. The van der Waals surface area contributed by atoms with Crippen molar-refractivity contribution in [3.05, 3.63) is 41.6 Å². The monoisotopic (exact) mass is 340 g/mol. The summed E-state index contributed by atoms with van der Waals surface area (Å²) in [6, 6.07) is 9.15. The summed E-state index contributed by atoms with van der Waals surface area (Å²) in [6.07, 6.45) is 1.13. The fourth-order valence-corrected chi connectivity index (χ4v) is 3.64. The number of fused-ring (bicyclic) bond motifs is 1. The lowest BCUT2D eigenvalue weighted by Gasteiger charge is -2.34. The van der Waals surface area contributed by atoms with Gasteiger partial charge in [-0.25, -0.2) is 4.79 Å². The third-order valence-electron chi connectivity index (χ3n) is 4.61. The van der Waals surface area contributed by atoms with Crippen LogP contribution in [-0.4, -0.2) is 41.5 Å². The van der Waals surface area contributed by atoms with Gasteiger partial charge >= 0.3 is 5.97 Å². The maximum atomic E-state index is 12.5. The van der Waals surface area contributed by atoms with Gasteiger partial charge in [0.05, 0.1) is 11.1 Å². The van der Waals surface area contributed by atoms with Gasteiger partial charge in [-0.1, -0.05) is 32.0 Å². The number of aryl methyl sites for hydroxylation is 1. The van der Waals surface area contributed by atoms with Gasteiger partial charge in [0.25, 0.3) is 5.91 Å². The Labute approximate surface area is 148 Å². The van der Waals surface area contributed by atoms with Crippen LogP contribution in [0.2, 0.25) is 0 Å². The quantitative estimate of drug-likeness (QED) is 0.805. The van der Waals surface area contributed by atoms with Gasteiger partial charge < -0.3 is 9.64 Å². The number of ether oxygens (including phenoxy) is 1. The Morgan fingerprint density at radius 3 is 2.60 bits per heavy atom. The minimum Gasteiger partial charge on any atom is -0.452 e. The van der Waals surface area contributed by atoms with Gasteiger partial charge in [0, 0.05) is 24.2 Å². The number of esters is 1. The van der Waals surface area contributed by atoms with Crippen molar-refractivity contribution < 1.29 is 14.3 Å². The van der Waals surface area contributed by atoms with Crippen LogP contribution in [0, 0.1) is 18.8 Å². The topological polar surface area (TPSA) is 59.5 Å². The summed E-state index contributed by atoms with van der Waals surface area (Å²) in [5.41, 5.74) is 1.95. The van der Waals surface area contributed by atoms with Gasteiger partial charge in [-0.3, -0.25) is 9.78 Å². The molecular formula is C20H24N2O3. The molecule has 0 spiro atoms. The molecule has 0 aliphatic carbocycles. The van der Waals surface area contributed by atoms with E-state index in [1.807, 2.05) is 36.1 Å². The molecule has 5 nitrogen and oxygen atoms in total. The molecule has 2 heterocycles. The summed E-state index contributed by atoms with van der Waals surface area (Å²) in [4.78, 5) is 31.1. The number of carbonyl (C=O) groups is 2. The lowest BCUT2D eigenvalue weighted by Crippen LogP contribution is -2.44. The van der Waals surface area contributed by atoms with Crippen molar-refractivity contribution in [1.82, 2.24) is 9.88 Å². The zero-order valence-corrected chi connectivity index (χ0v) is 15.0. The Kier molecular flexibility index (Phi) is 5.02. The Morgan fingerprint density at radius 1 is 1.20 bits per heavy atom. The maximum absolute atomic E-state index is 12.5. The summed E-state index contributed by atoms with van der Waals surface area (Å²) >= 11 is 0. The zero-order chi connectivity index (χ0) is 18.0. The van der Waals surface area contributed by atoms with E-state index in [2.05, 4.69) is 18.8 Å². The number of nitrogens with zero attached hydrogens (tertiary/aromatic N) is 2. The lowest BCUT2D eigenvalue weighted by molar-refractivity contribution is -0.137. The number of pyridine rings is 1. The third kappa shape index (κ3) is 3.98. The number of aromatic nitrogens is 1. The van der Waals surface area contributed by atoms with E-state index in [0.717, 1.165) is 36.1 Å². The van der Waals surface area contributed by atoms with Crippen LogP contribution in [-0.2, 0) is 9.53 Å². The highest BCUT2D eigenvalue weighted by Gasteiger charge is 2.26. The van der Waals surface area contributed by atoms with E-state index in [1.165, 1.54) is 0 Å². The molecule has 1 amide bonds. The molecule has 25 heavy (non-hydrogen) atoms.